The molecule has 0 spiro atoms. The van der Waals surface area contributed by atoms with Crippen molar-refractivity contribution in [2.45, 2.75) is 51.0 Å². The van der Waals surface area contributed by atoms with E-state index < -0.39 is 0 Å². The van der Waals surface area contributed by atoms with Crippen molar-refractivity contribution < 1.29 is 4.74 Å². The average Bonchev–Trinajstić information content (AvgIpc) is 2.51. The first-order valence-electron chi connectivity index (χ1n) is 8.34. The fourth-order valence-corrected chi connectivity index (χ4v) is 2.76. The maximum Gasteiger partial charge on any atom is 0.191 e. The second-order valence-corrected chi connectivity index (χ2v) is 6.14. The van der Waals surface area contributed by atoms with Gasteiger partial charge < -0.3 is 20.3 Å². The first-order valence-corrected chi connectivity index (χ1v) is 8.34. The predicted molar refractivity (Wildman–Crippen MR) is 105 cm³/mol. The molecule has 0 atom stereocenters. The maximum absolute atomic E-state index is 5.51. The van der Waals surface area contributed by atoms with E-state index in [0.717, 1.165) is 45.1 Å². The van der Waals surface area contributed by atoms with Crippen LogP contribution in [0.4, 0.5) is 0 Å². The fraction of sp³-hybridized carbons (Fsp3) is 0.938. The second kappa shape index (κ2) is 12.4. The van der Waals surface area contributed by atoms with Gasteiger partial charge in [0.1, 0.15) is 0 Å². The lowest BCUT2D eigenvalue weighted by molar-refractivity contribution is -0.00501. The maximum atomic E-state index is 5.51. The Bertz CT molecular complexity index is 305. The second-order valence-electron chi connectivity index (χ2n) is 6.14. The highest BCUT2D eigenvalue weighted by Gasteiger charge is 2.34. The molecule has 0 aromatic carbocycles. The van der Waals surface area contributed by atoms with Gasteiger partial charge in [-0.25, -0.2) is 0 Å². The Morgan fingerprint density at radius 1 is 1.14 bits per heavy atom. The van der Waals surface area contributed by atoms with E-state index in [4.69, 9.17) is 4.74 Å². The van der Waals surface area contributed by atoms with Crippen LogP contribution in [0.3, 0.4) is 0 Å². The molecule has 0 radical (unpaired) electrons. The van der Waals surface area contributed by atoms with E-state index in [1.165, 1.54) is 25.7 Å². The van der Waals surface area contributed by atoms with Crippen LogP contribution in [0.5, 0.6) is 0 Å². The van der Waals surface area contributed by atoms with E-state index in [9.17, 15) is 0 Å². The number of halogens is 1. The first-order chi connectivity index (χ1) is 10.1. The van der Waals surface area contributed by atoms with Crippen molar-refractivity contribution in [3.8, 4) is 0 Å². The molecule has 1 aliphatic heterocycles. The SMILES string of the molecule is CCCCCCNC(=NC)NCC1(N(C)C)CCOCC1.I. The van der Waals surface area contributed by atoms with Crippen molar-refractivity contribution in [3.63, 3.8) is 0 Å². The third-order valence-corrected chi connectivity index (χ3v) is 4.50. The first kappa shape index (κ1) is 21.9. The minimum atomic E-state index is 0. The summed E-state index contributed by atoms with van der Waals surface area (Å²) in [6.45, 7) is 5.85. The van der Waals surface area contributed by atoms with Gasteiger partial charge in [0.15, 0.2) is 5.96 Å². The molecule has 1 rings (SSSR count). The topological polar surface area (TPSA) is 48.9 Å². The van der Waals surface area contributed by atoms with Crippen LogP contribution in [0.2, 0.25) is 0 Å². The highest BCUT2D eigenvalue weighted by atomic mass is 127. The Morgan fingerprint density at radius 3 is 2.36 bits per heavy atom. The lowest BCUT2D eigenvalue weighted by Crippen LogP contribution is -2.57. The van der Waals surface area contributed by atoms with Crippen LogP contribution in [-0.4, -0.2) is 63.8 Å². The molecule has 0 bridgehead atoms. The Morgan fingerprint density at radius 2 is 1.82 bits per heavy atom. The van der Waals surface area contributed by atoms with Crippen molar-refractivity contribution >= 4 is 29.9 Å². The summed E-state index contributed by atoms with van der Waals surface area (Å²) in [5.74, 6) is 0.916. The minimum Gasteiger partial charge on any atom is -0.381 e. The summed E-state index contributed by atoms with van der Waals surface area (Å²) in [6, 6.07) is 0. The van der Waals surface area contributed by atoms with Gasteiger partial charge in [-0.15, -0.1) is 24.0 Å². The monoisotopic (exact) mass is 426 g/mol. The van der Waals surface area contributed by atoms with E-state index in [2.05, 4.69) is 41.5 Å². The number of hydrogen-bond donors (Lipinski definition) is 2. The number of unbranched alkanes of at least 4 members (excludes halogenated alkanes) is 3. The van der Waals surface area contributed by atoms with Crippen LogP contribution >= 0.6 is 24.0 Å². The Hall–Kier alpha value is -0.0800. The predicted octanol–water partition coefficient (Wildman–Crippen LogP) is 2.46. The number of nitrogens with one attached hydrogen (secondary N) is 2. The zero-order chi connectivity index (χ0) is 15.6. The standard InChI is InChI=1S/C16H34N4O.HI/c1-5-6-7-8-11-18-15(17-2)19-14-16(20(3)4)9-12-21-13-10-16;/h5-14H2,1-4H3,(H2,17,18,19);1H. The Balaban J connectivity index is 0.00000441. The summed E-state index contributed by atoms with van der Waals surface area (Å²) in [5.41, 5.74) is 0.179. The van der Waals surface area contributed by atoms with E-state index in [0.29, 0.717) is 0 Å². The molecule has 132 valence electrons. The number of likely N-dealkylation sites (N-methyl/N-ethyl adjacent to an activating group) is 1. The van der Waals surface area contributed by atoms with Crippen LogP contribution in [0, 0.1) is 0 Å². The summed E-state index contributed by atoms with van der Waals surface area (Å²) in [7, 11) is 6.16. The molecule has 0 amide bonds. The van der Waals surface area contributed by atoms with Gasteiger partial charge in [-0.1, -0.05) is 26.2 Å². The van der Waals surface area contributed by atoms with Gasteiger partial charge in [0.2, 0.25) is 0 Å². The minimum absolute atomic E-state index is 0. The van der Waals surface area contributed by atoms with Gasteiger partial charge >= 0.3 is 0 Å². The quantitative estimate of drug-likeness (QED) is 0.271. The van der Waals surface area contributed by atoms with Crippen molar-refractivity contribution in [2.75, 3.05) is 47.4 Å². The van der Waals surface area contributed by atoms with Gasteiger partial charge in [0.05, 0.1) is 0 Å². The molecule has 1 saturated heterocycles. The Kier molecular flexibility index (Phi) is 12.3. The van der Waals surface area contributed by atoms with E-state index in [1.54, 1.807) is 0 Å². The van der Waals surface area contributed by atoms with E-state index in [1.807, 2.05) is 7.05 Å². The number of nitrogens with zero attached hydrogens (tertiary/aromatic N) is 2. The Labute approximate surface area is 153 Å². The number of hydrogen-bond acceptors (Lipinski definition) is 3. The van der Waals surface area contributed by atoms with Crippen LogP contribution < -0.4 is 10.6 Å². The third kappa shape index (κ3) is 7.46. The molecule has 6 heteroatoms. The molecule has 1 heterocycles. The normalized spacial score (nSPS) is 18.0. The molecule has 0 aromatic heterocycles. The lowest BCUT2D eigenvalue weighted by Gasteiger charge is -2.43. The summed E-state index contributed by atoms with van der Waals surface area (Å²) in [5, 5.41) is 6.91. The number of rotatable bonds is 8. The molecule has 0 unspecified atom stereocenters. The van der Waals surface area contributed by atoms with Gasteiger partial charge in [-0.2, -0.15) is 0 Å². The summed E-state index contributed by atoms with van der Waals surface area (Å²) >= 11 is 0. The molecule has 1 fully saturated rings. The van der Waals surface area contributed by atoms with E-state index >= 15 is 0 Å². The lowest BCUT2D eigenvalue weighted by atomic mass is 9.88. The molecule has 0 saturated carbocycles. The molecule has 1 aliphatic rings. The molecule has 0 aliphatic carbocycles. The average molecular weight is 426 g/mol. The van der Waals surface area contributed by atoms with Crippen molar-refractivity contribution in [2.24, 2.45) is 4.99 Å². The van der Waals surface area contributed by atoms with Crippen molar-refractivity contribution in [3.05, 3.63) is 0 Å². The van der Waals surface area contributed by atoms with Crippen LogP contribution in [0.1, 0.15) is 45.4 Å². The van der Waals surface area contributed by atoms with Gasteiger partial charge in [0.25, 0.3) is 0 Å². The van der Waals surface area contributed by atoms with Crippen molar-refractivity contribution in [1.82, 2.24) is 15.5 Å². The largest absolute Gasteiger partial charge is 0.381 e. The molecule has 22 heavy (non-hydrogen) atoms. The smallest absolute Gasteiger partial charge is 0.191 e. The highest BCUT2D eigenvalue weighted by molar-refractivity contribution is 14.0. The zero-order valence-electron chi connectivity index (χ0n) is 14.8. The van der Waals surface area contributed by atoms with Gasteiger partial charge in [0, 0.05) is 38.9 Å². The summed E-state index contributed by atoms with van der Waals surface area (Å²) < 4.78 is 5.51. The fourth-order valence-electron chi connectivity index (χ4n) is 2.76. The van der Waals surface area contributed by atoms with Gasteiger partial charge in [-0.05, 0) is 33.4 Å². The third-order valence-electron chi connectivity index (χ3n) is 4.50. The molecule has 2 N–H and O–H groups in total. The van der Waals surface area contributed by atoms with Crippen LogP contribution in [-0.2, 0) is 4.74 Å². The van der Waals surface area contributed by atoms with Crippen LogP contribution in [0.25, 0.3) is 0 Å². The number of guanidine groups is 1. The molecular formula is C16H35IN4O. The summed E-state index contributed by atoms with van der Waals surface area (Å²) in [4.78, 5) is 6.66. The van der Waals surface area contributed by atoms with Gasteiger partial charge in [-0.3, -0.25) is 4.99 Å². The molecule has 0 aromatic rings. The summed E-state index contributed by atoms with van der Waals surface area (Å²) in [6.07, 6.45) is 7.24. The number of aliphatic imine (C=N–C) groups is 1. The highest BCUT2D eigenvalue weighted by Crippen LogP contribution is 2.24. The van der Waals surface area contributed by atoms with Crippen LogP contribution in [0.15, 0.2) is 4.99 Å². The van der Waals surface area contributed by atoms with E-state index in [-0.39, 0.29) is 29.5 Å². The zero-order valence-corrected chi connectivity index (χ0v) is 17.1. The molecule has 5 nitrogen and oxygen atoms in total. The van der Waals surface area contributed by atoms with Crippen molar-refractivity contribution in [1.29, 1.82) is 0 Å². The molecular weight excluding hydrogens is 391 g/mol. The number of ether oxygens (including phenoxy) is 1.